The van der Waals surface area contributed by atoms with Gasteiger partial charge in [0.1, 0.15) is 0 Å². The minimum atomic E-state index is -0.167. The van der Waals surface area contributed by atoms with Gasteiger partial charge in [0.2, 0.25) is 0 Å². The highest BCUT2D eigenvalue weighted by molar-refractivity contribution is 6.36. The maximum atomic E-state index is 12.5. The monoisotopic (exact) mass is 318 g/mol. The molecule has 1 saturated carbocycles. The maximum absolute atomic E-state index is 12.5. The Hall–Kier alpha value is -1.65. The van der Waals surface area contributed by atoms with E-state index in [2.05, 4.69) is 10.3 Å². The van der Waals surface area contributed by atoms with Crippen molar-refractivity contribution < 1.29 is 9.90 Å². The molecular weight excluding hydrogens is 300 g/mol. The van der Waals surface area contributed by atoms with Gasteiger partial charge in [0, 0.05) is 23.5 Å². The van der Waals surface area contributed by atoms with Crippen molar-refractivity contribution in [1.82, 2.24) is 10.3 Å². The van der Waals surface area contributed by atoms with E-state index in [4.69, 9.17) is 11.6 Å². The van der Waals surface area contributed by atoms with E-state index in [0.29, 0.717) is 22.6 Å². The highest BCUT2D eigenvalue weighted by Crippen LogP contribution is 2.37. The average Bonchev–Trinajstić information content (AvgIpc) is 3.03. The first-order valence-electron chi connectivity index (χ1n) is 7.57. The van der Waals surface area contributed by atoms with Crippen LogP contribution in [0.2, 0.25) is 5.02 Å². The normalized spacial score (nSPS) is 16.8. The number of rotatable bonds is 4. The Kier molecular flexibility index (Phi) is 4.32. The van der Waals surface area contributed by atoms with Crippen molar-refractivity contribution in [2.75, 3.05) is 13.2 Å². The summed E-state index contributed by atoms with van der Waals surface area (Å²) in [5.41, 5.74) is 0.966. The van der Waals surface area contributed by atoms with Gasteiger partial charge in [0.25, 0.3) is 5.91 Å². The second-order valence-electron chi connectivity index (χ2n) is 6.04. The van der Waals surface area contributed by atoms with Crippen LogP contribution >= 0.6 is 11.6 Å². The number of aliphatic hydroxyl groups excluding tert-OH is 1. The molecule has 1 fully saturated rings. The summed E-state index contributed by atoms with van der Waals surface area (Å²) in [6.45, 7) is 0.617. The van der Waals surface area contributed by atoms with Crippen molar-refractivity contribution in [2.45, 2.75) is 25.7 Å². The lowest BCUT2D eigenvalue weighted by molar-refractivity contribution is 0.0882. The summed E-state index contributed by atoms with van der Waals surface area (Å²) in [6.07, 6.45) is 5.80. The van der Waals surface area contributed by atoms with Crippen molar-refractivity contribution in [3.8, 4) is 0 Å². The van der Waals surface area contributed by atoms with Crippen molar-refractivity contribution in [3.05, 3.63) is 41.0 Å². The molecule has 0 aliphatic heterocycles. The molecule has 1 aromatic heterocycles. The van der Waals surface area contributed by atoms with Gasteiger partial charge >= 0.3 is 0 Å². The third-order valence-electron chi connectivity index (χ3n) is 4.58. The maximum Gasteiger partial charge on any atom is 0.253 e. The topological polar surface area (TPSA) is 62.2 Å². The lowest BCUT2D eigenvalue weighted by Gasteiger charge is -2.26. The molecule has 3 rings (SSSR count). The van der Waals surface area contributed by atoms with Gasteiger partial charge in [-0.1, -0.05) is 24.4 Å². The molecule has 1 aliphatic rings. The van der Waals surface area contributed by atoms with Gasteiger partial charge in [-0.25, -0.2) is 0 Å². The quantitative estimate of drug-likeness (QED) is 0.910. The smallest absolute Gasteiger partial charge is 0.253 e. The van der Waals surface area contributed by atoms with Crippen LogP contribution in [0, 0.1) is 5.41 Å². The highest BCUT2D eigenvalue weighted by Gasteiger charge is 2.33. The third-order valence-corrected chi connectivity index (χ3v) is 4.91. The van der Waals surface area contributed by atoms with Gasteiger partial charge in [-0.2, -0.15) is 0 Å². The molecule has 2 N–H and O–H groups in total. The molecule has 1 aromatic carbocycles. The second-order valence-corrected chi connectivity index (χ2v) is 6.45. The Morgan fingerprint density at radius 1 is 1.32 bits per heavy atom. The molecule has 116 valence electrons. The number of amides is 1. The number of aliphatic hydroxyl groups is 1. The van der Waals surface area contributed by atoms with Crippen LogP contribution in [0.4, 0.5) is 0 Å². The number of carbonyl (C=O) groups is 1. The van der Waals surface area contributed by atoms with Gasteiger partial charge in [-0.3, -0.25) is 9.78 Å². The van der Waals surface area contributed by atoms with Crippen LogP contribution in [0.1, 0.15) is 36.0 Å². The van der Waals surface area contributed by atoms with E-state index >= 15 is 0 Å². The zero-order valence-corrected chi connectivity index (χ0v) is 13.1. The van der Waals surface area contributed by atoms with E-state index in [9.17, 15) is 9.90 Å². The van der Waals surface area contributed by atoms with Gasteiger partial charge in [-0.05, 0) is 37.1 Å². The SMILES string of the molecule is O=C(NCC1(CO)CCCC1)c1ccc(Cl)c2cccnc12. The van der Waals surface area contributed by atoms with E-state index in [-0.39, 0.29) is 17.9 Å². The zero-order chi connectivity index (χ0) is 15.6. The highest BCUT2D eigenvalue weighted by atomic mass is 35.5. The molecule has 0 saturated heterocycles. The molecule has 1 amide bonds. The summed E-state index contributed by atoms with van der Waals surface area (Å²) in [5.74, 6) is -0.167. The van der Waals surface area contributed by atoms with Gasteiger partial charge in [-0.15, -0.1) is 0 Å². The summed E-state index contributed by atoms with van der Waals surface area (Å²) < 4.78 is 0. The van der Waals surface area contributed by atoms with Crippen LogP contribution in [-0.4, -0.2) is 29.1 Å². The van der Waals surface area contributed by atoms with Crippen molar-refractivity contribution in [2.24, 2.45) is 5.41 Å². The minimum Gasteiger partial charge on any atom is -0.396 e. The lowest BCUT2D eigenvalue weighted by Crippen LogP contribution is -2.38. The number of aromatic nitrogens is 1. The molecule has 4 nitrogen and oxygen atoms in total. The van der Waals surface area contributed by atoms with Gasteiger partial charge in [0.05, 0.1) is 22.7 Å². The Labute approximate surface area is 134 Å². The van der Waals surface area contributed by atoms with Crippen LogP contribution in [-0.2, 0) is 0 Å². The summed E-state index contributed by atoms with van der Waals surface area (Å²) in [6, 6.07) is 7.08. The predicted octanol–water partition coefficient (Wildman–Crippen LogP) is 3.17. The van der Waals surface area contributed by atoms with Crippen LogP contribution in [0.5, 0.6) is 0 Å². The molecule has 22 heavy (non-hydrogen) atoms. The Bertz CT molecular complexity index is 696. The fraction of sp³-hybridized carbons (Fsp3) is 0.412. The van der Waals surface area contributed by atoms with Gasteiger partial charge in [0.15, 0.2) is 0 Å². The van der Waals surface area contributed by atoms with Crippen LogP contribution in [0.15, 0.2) is 30.5 Å². The first kappa shape index (κ1) is 15.3. The number of carbonyl (C=O) groups excluding carboxylic acids is 1. The molecule has 1 aliphatic carbocycles. The Morgan fingerprint density at radius 2 is 2.09 bits per heavy atom. The number of fused-ring (bicyclic) bond motifs is 1. The lowest BCUT2D eigenvalue weighted by atomic mass is 9.87. The van der Waals surface area contributed by atoms with Crippen molar-refractivity contribution in [3.63, 3.8) is 0 Å². The van der Waals surface area contributed by atoms with E-state index in [1.54, 1.807) is 24.4 Å². The third kappa shape index (κ3) is 2.81. The van der Waals surface area contributed by atoms with Crippen LogP contribution < -0.4 is 5.32 Å². The number of nitrogens with one attached hydrogen (secondary N) is 1. The van der Waals surface area contributed by atoms with E-state index < -0.39 is 0 Å². The Balaban J connectivity index is 1.82. The molecule has 1 heterocycles. The summed E-state index contributed by atoms with van der Waals surface area (Å²) in [5, 5.41) is 13.9. The second kappa shape index (κ2) is 6.23. The number of benzene rings is 1. The van der Waals surface area contributed by atoms with E-state index in [1.807, 2.05) is 6.07 Å². The fourth-order valence-corrected chi connectivity index (χ4v) is 3.42. The van der Waals surface area contributed by atoms with Crippen molar-refractivity contribution in [1.29, 1.82) is 0 Å². The predicted molar refractivity (Wildman–Crippen MR) is 87.1 cm³/mol. The molecular formula is C17H19ClN2O2. The summed E-state index contributed by atoms with van der Waals surface area (Å²) >= 11 is 6.15. The van der Waals surface area contributed by atoms with Gasteiger partial charge < -0.3 is 10.4 Å². The fourth-order valence-electron chi connectivity index (χ4n) is 3.20. The van der Waals surface area contributed by atoms with Crippen LogP contribution in [0.3, 0.4) is 0 Å². The first-order valence-corrected chi connectivity index (χ1v) is 7.95. The Morgan fingerprint density at radius 3 is 2.82 bits per heavy atom. The first-order chi connectivity index (χ1) is 10.7. The molecule has 5 heteroatoms. The standard InChI is InChI=1S/C17H19ClN2O2/c18-14-6-5-13(15-12(14)4-3-9-19-15)16(22)20-10-17(11-21)7-1-2-8-17/h3-6,9,21H,1-2,7-8,10-11H2,(H,20,22). The zero-order valence-electron chi connectivity index (χ0n) is 12.3. The van der Waals surface area contributed by atoms with Crippen LogP contribution in [0.25, 0.3) is 10.9 Å². The molecule has 0 spiro atoms. The number of pyridine rings is 1. The molecule has 0 unspecified atom stereocenters. The van der Waals surface area contributed by atoms with Crippen molar-refractivity contribution >= 4 is 28.4 Å². The summed E-state index contributed by atoms with van der Waals surface area (Å²) in [7, 11) is 0. The number of hydrogen-bond donors (Lipinski definition) is 2. The minimum absolute atomic E-state index is 0.118. The summed E-state index contributed by atoms with van der Waals surface area (Å²) in [4.78, 5) is 16.8. The number of nitrogens with zero attached hydrogens (tertiary/aromatic N) is 1. The average molecular weight is 319 g/mol. The molecule has 2 aromatic rings. The molecule has 0 atom stereocenters. The molecule has 0 radical (unpaired) electrons. The largest absolute Gasteiger partial charge is 0.396 e. The van der Waals surface area contributed by atoms with E-state index in [1.165, 1.54) is 0 Å². The number of halogens is 1. The molecule has 0 bridgehead atoms. The van der Waals surface area contributed by atoms with E-state index in [0.717, 1.165) is 31.1 Å². The number of hydrogen-bond acceptors (Lipinski definition) is 3.